The molecule has 0 saturated carbocycles. The fourth-order valence-electron chi connectivity index (χ4n) is 13.2. The Hall–Kier alpha value is -11.1. The minimum absolute atomic E-state index is 0.834. The van der Waals surface area contributed by atoms with E-state index in [0.717, 1.165) is 149 Å². The van der Waals surface area contributed by atoms with Crippen molar-refractivity contribution in [3.63, 3.8) is 0 Å². The van der Waals surface area contributed by atoms with Crippen LogP contribution in [0.25, 0.3) is 142 Å². The number of nitrogens with zero attached hydrogens (tertiary/aromatic N) is 2. The van der Waals surface area contributed by atoms with Crippen molar-refractivity contribution >= 4 is 165 Å². The fraction of sp³-hybridized carbons (Fsp3) is 0. The van der Waals surface area contributed by atoms with Gasteiger partial charge < -0.3 is 27.5 Å². The third-order valence-corrected chi connectivity index (χ3v) is 17.0. The molecule has 6 nitrogen and oxygen atoms in total. The van der Waals surface area contributed by atoms with Gasteiger partial charge in [-0.05, 0) is 176 Å². The maximum atomic E-state index is 6.76. The van der Waals surface area contributed by atoms with E-state index in [1.165, 1.54) is 26.9 Å². The van der Waals surface area contributed by atoms with Crippen molar-refractivity contribution < 1.29 is 17.7 Å². The molecule has 0 fully saturated rings. The monoisotopic (exact) mass is 1050 g/mol. The summed E-state index contributed by atoms with van der Waals surface area (Å²) >= 11 is 0. The molecule has 0 atom stereocenters. The predicted molar refractivity (Wildman–Crippen MR) is 340 cm³/mol. The Bertz CT molecular complexity index is 5590. The van der Waals surface area contributed by atoms with Crippen LogP contribution in [-0.4, -0.2) is 0 Å². The first kappa shape index (κ1) is 44.9. The Balaban J connectivity index is 0.753. The SMILES string of the molecule is c1ccc2c(c1)ccc1ccc(N(c3ccc4oc5ccccc5c4c3)c3ccc4oc5cc(-c6ccc7c(ccc8ccc(N(c9cccc%10oc%11ccccc%11c9%10)c9cccc%10oc%11ccccc%11c9%10)cc87)c6)ccc5c4c3)cc12. The van der Waals surface area contributed by atoms with Gasteiger partial charge in [0.25, 0.3) is 0 Å². The molecule has 4 aromatic heterocycles. The zero-order valence-corrected chi connectivity index (χ0v) is 43.9. The summed E-state index contributed by atoms with van der Waals surface area (Å²) in [6, 6.07) is 95.3. The Kier molecular flexibility index (Phi) is 9.41. The molecule has 4 heterocycles. The minimum atomic E-state index is 0.834. The van der Waals surface area contributed by atoms with Crippen molar-refractivity contribution in [3.05, 3.63) is 267 Å². The number of furan rings is 4. The highest BCUT2D eigenvalue weighted by Crippen LogP contribution is 2.49. The maximum absolute atomic E-state index is 6.76. The summed E-state index contributed by atoms with van der Waals surface area (Å²) in [6.45, 7) is 0. The second-order valence-electron chi connectivity index (χ2n) is 21.5. The highest BCUT2D eigenvalue weighted by Gasteiger charge is 2.25. The molecule has 0 unspecified atom stereocenters. The van der Waals surface area contributed by atoms with E-state index < -0.39 is 0 Å². The molecule has 0 aliphatic rings. The molecule has 382 valence electrons. The van der Waals surface area contributed by atoms with Gasteiger partial charge in [0.15, 0.2) is 0 Å². The van der Waals surface area contributed by atoms with Crippen molar-refractivity contribution in [3.8, 4) is 11.1 Å². The van der Waals surface area contributed by atoms with Crippen LogP contribution in [0.2, 0.25) is 0 Å². The molecule has 82 heavy (non-hydrogen) atoms. The molecule has 18 aromatic rings. The van der Waals surface area contributed by atoms with Gasteiger partial charge in [0.2, 0.25) is 0 Å². The standard InChI is InChI=1S/C76H44N2O4/c1-2-12-55-45(11-1)23-24-46-27-31-51(41-61(46)55)77(52-33-37-70-63(43-52)57-13-3-6-18-67(57)79-70)53-34-38-71-64(44-53)58-36-30-49(40-74(58)82-71)48-29-35-56-50(39-48)26-25-47-28-32-54(42-62(47)56)78(65-16-9-21-72-75(65)59-14-4-7-19-68(59)80-72)66-17-10-22-73-76(66)60-15-5-8-20-69(60)81-73/h1-44H. The predicted octanol–water partition coefficient (Wildman–Crippen LogP) is 22.5. The molecular formula is C76H44N2O4. The maximum Gasteiger partial charge on any atom is 0.137 e. The summed E-state index contributed by atoms with van der Waals surface area (Å²) in [4.78, 5) is 4.74. The zero-order valence-electron chi connectivity index (χ0n) is 43.9. The second kappa shape index (κ2) is 17.2. The van der Waals surface area contributed by atoms with Crippen LogP contribution in [0.1, 0.15) is 0 Å². The number of hydrogen-bond donors (Lipinski definition) is 0. The minimum Gasteiger partial charge on any atom is -0.456 e. The van der Waals surface area contributed by atoms with Gasteiger partial charge in [-0.15, -0.1) is 0 Å². The van der Waals surface area contributed by atoms with E-state index >= 15 is 0 Å². The molecule has 0 radical (unpaired) electrons. The van der Waals surface area contributed by atoms with E-state index in [4.69, 9.17) is 17.7 Å². The first-order valence-corrected chi connectivity index (χ1v) is 27.8. The summed E-state index contributed by atoms with van der Waals surface area (Å²) in [5, 5.41) is 18.0. The molecule has 0 bridgehead atoms. The number of benzene rings is 14. The zero-order chi connectivity index (χ0) is 53.6. The van der Waals surface area contributed by atoms with Crippen LogP contribution in [0.3, 0.4) is 0 Å². The van der Waals surface area contributed by atoms with Crippen LogP contribution in [0.15, 0.2) is 285 Å². The number of para-hydroxylation sites is 3. The van der Waals surface area contributed by atoms with Crippen LogP contribution in [0, 0.1) is 0 Å². The lowest BCUT2D eigenvalue weighted by molar-refractivity contribution is 0.668. The third kappa shape index (κ3) is 6.76. The molecule has 0 aliphatic heterocycles. The van der Waals surface area contributed by atoms with Crippen LogP contribution in [0.5, 0.6) is 0 Å². The van der Waals surface area contributed by atoms with Gasteiger partial charge in [-0.3, -0.25) is 0 Å². The van der Waals surface area contributed by atoms with Crippen molar-refractivity contribution in [2.24, 2.45) is 0 Å². The molecule has 6 heteroatoms. The van der Waals surface area contributed by atoms with Crippen LogP contribution in [-0.2, 0) is 0 Å². The highest BCUT2D eigenvalue weighted by atomic mass is 16.3. The van der Waals surface area contributed by atoms with Crippen molar-refractivity contribution in [1.82, 2.24) is 0 Å². The Morgan fingerprint density at radius 2 is 0.573 bits per heavy atom. The molecule has 18 rings (SSSR count). The third-order valence-electron chi connectivity index (χ3n) is 17.0. The van der Waals surface area contributed by atoms with Crippen LogP contribution >= 0.6 is 0 Å². The van der Waals surface area contributed by atoms with Crippen molar-refractivity contribution in [1.29, 1.82) is 0 Å². The van der Waals surface area contributed by atoms with Crippen LogP contribution in [0.4, 0.5) is 34.1 Å². The molecule has 0 spiro atoms. The van der Waals surface area contributed by atoms with Gasteiger partial charge in [0.1, 0.15) is 44.7 Å². The van der Waals surface area contributed by atoms with E-state index in [2.05, 4.69) is 240 Å². The van der Waals surface area contributed by atoms with Gasteiger partial charge in [-0.1, -0.05) is 146 Å². The molecular weight excluding hydrogens is 1000 g/mol. The molecule has 0 amide bonds. The molecule has 0 N–H and O–H groups in total. The summed E-state index contributed by atoms with van der Waals surface area (Å²) in [5.41, 5.74) is 15.2. The van der Waals surface area contributed by atoms with Gasteiger partial charge in [-0.2, -0.15) is 0 Å². The van der Waals surface area contributed by atoms with Gasteiger partial charge in [-0.25, -0.2) is 0 Å². The lowest BCUT2D eigenvalue weighted by atomic mass is 9.96. The highest BCUT2D eigenvalue weighted by molar-refractivity contribution is 6.19. The lowest BCUT2D eigenvalue weighted by Crippen LogP contribution is -2.10. The summed E-state index contributed by atoms with van der Waals surface area (Å²) in [6.07, 6.45) is 0. The summed E-state index contributed by atoms with van der Waals surface area (Å²) in [5.74, 6) is 0. The van der Waals surface area contributed by atoms with Crippen LogP contribution < -0.4 is 9.80 Å². The lowest BCUT2D eigenvalue weighted by Gasteiger charge is -2.27. The van der Waals surface area contributed by atoms with E-state index in [-0.39, 0.29) is 0 Å². The molecule has 0 aliphatic carbocycles. The fourth-order valence-corrected chi connectivity index (χ4v) is 13.2. The number of hydrogen-bond acceptors (Lipinski definition) is 6. The quantitative estimate of drug-likeness (QED) is 0.148. The Morgan fingerprint density at radius 3 is 1.18 bits per heavy atom. The first-order chi connectivity index (χ1) is 40.6. The van der Waals surface area contributed by atoms with Crippen molar-refractivity contribution in [2.45, 2.75) is 0 Å². The summed E-state index contributed by atoms with van der Waals surface area (Å²) < 4.78 is 26.1. The second-order valence-corrected chi connectivity index (χ2v) is 21.5. The first-order valence-electron chi connectivity index (χ1n) is 27.8. The summed E-state index contributed by atoms with van der Waals surface area (Å²) in [7, 11) is 0. The Morgan fingerprint density at radius 1 is 0.195 bits per heavy atom. The van der Waals surface area contributed by atoms with Gasteiger partial charge in [0.05, 0.1) is 22.1 Å². The Labute approximate surface area is 468 Å². The largest absolute Gasteiger partial charge is 0.456 e. The smallest absolute Gasteiger partial charge is 0.137 e. The number of anilines is 6. The van der Waals surface area contributed by atoms with Crippen molar-refractivity contribution in [2.75, 3.05) is 9.80 Å². The molecule has 0 saturated heterocycles. The normalized spacial score (nSPS) is 12.1. The average Bonchev–Trinajstić information content (AvgIpc) is 4.13. The molecule has 14 aromatic carbocycles. The van der Waals surface area contributed by atoms with E-state index in [1.54, 1.807) is 0 Å². The topological polar surface area (TPSA) is 59.0 Å². The van der Waals surface area contributed by atoms with E-state index in [1.807, 2.05) is 36.4 Å². The average molecular weight is 1050 g/mol. The number of fused-ring (bicyclic) bond motifs is 18. The van der Waals surface area contributed by atoms with Gasteiger partial charge >= 0.3 is 0 Å². The van der Waals surface area contributed by atoms with E-state index in [9.17, 15) is 0 Å². The van der Waals surface area contributed by atoms with E-state index in [0.29, 0.717) is 0 Å². The number of rotatable bonds is 7. The van der Waals surface area contributed by atoms with Gasteiger partial charge in [0, 0.05) is 55.1 Å².